The van der Waals surface area contributed by atoms with Gasteiger partial charge in [-0.05, 0) is 49.4 Å². The number of alkyl halides is 2. The maximum atomic E-state index is 3.91. The van der Waals surface area contributed by atoms with Crippen LogP contribution in [0.4, 0.5) is 0 Å². The molecule has 0 heterocycles. The number of rotatable bonds is 0. The first kappa shape index (κ1) is 8.28. The van der Waals surface area contributed by atoms with Gasteiger partial charge in [0.05, 0.1) is 0 Å². The Bertz CT molecular complexity index is 149. The standard InChI is InChI=1S/C10H14Br2/c11-9-5-1-2-6(5)10(12)8-4-3-7(8)9/h5-10H,1-4H2. The highest BCUT2D eigenvalue weighted by Crippen LogP contribution is 2.60. The summed E-state index contributed by atoms with van der Waals surface area (Å²) in [6.07, 6.45) is 5.91. The van der Waals surface area contributed by atoms with Gasteiger partial charge in [0.25, 0.3) is 0 Å². The lowest BCUT2D eigenvalue weighted by Gasteiger charge is -2.58. The number of hydrogen-bond acceptors (Lipinski definition) is 0. The van der Waals surface area contributed by atoms with Gasteiger partial charge in [-0.3, -0.25) is 0 Å². The van der Waals surface area contributed by atoms with Crippen molar-refractivity contribution in [2.75, 3.05) is 0 Å². The molecule has 3 fully saturated rings. The summed E-state index contributed by atoms with van der Waals surface area (Å²) in [5.74, 6) is 4.04. The van der Waals surface area contributed by atoms with E-state index in [1.54, 1.807) is 0 Å². The van der Waals surface area contributed by atoms with E-state index in [0.717, 1.165) is 33.3 Å². The third-order valence-corrected chi connectivity index (χ3v) is 7.12. The Hall–Kier alpha value is 0.960. The van der Waals surface area contributed by atoms with Gasteiger partial charge >= 0.3 is 0 Å². The van der Waals surface area contributed by atoms with E-state index in [0.29, 0.717) is 0 Å². The highest BCUT2D eigenvalue weighted by Gasteiger charge is 2.55. The van der Waals surface area contributed by atoms with Gasteiger partial charge in [0.1, 0.15) is 0 Å². The highest BCUT2D eigenvalue weighted by atomic mass is 79.9. The molecule has 0 aromatic carbocycles. The molecule has 0 radical (unpaired) electrons. The Labute approximate surface area is 90.7 Å². The number of hydrogen-bond donors (Lipinski definition) is 0. The molecule has 0 bridgehead atoms. The molecule has 68 valence electrons. The summed E-state index contributed by atoms with van der Waals surface area (Å²) in [7, 11) is 0. The van der Waals surface area contributed by atoms with Crippen LogP contribution in [0.2, 0.25) is 0 Å². The lowest BCUT2D eigenvalue weighted by molar-refractivity contribution is 0.00382. The lowest BCUT2D eigenvalue weighted by atomic mass is 9.53. The number of halogens is 2. The predicted octanol–water partition coefficient (Wildman–Crippen LogP) is 3.58. The van der Waals surface area contributed by atoms with E-state index < -0.39 is 0 Å². The molecule has 3 rings (SSSR count). The molecule has 3 saturated carbocycles. The zero-order valence-electron chi connectivity index (χ0n) is 7.05. The zero-order chi connectivity index (χ0) is 8.29. The zero-order valence-corrected chi connectivity index (χ0v) is 10.2. The van der Waals surface area contributed by atoms with Crippen molar-refractivity contribution < 1.29 is 0 Å². The van der Waals surface area contributed by atoms with E-state index in [4.69, 9.17) is 0 Å². The van der Waals surface area contributed by atoms with E-state index in [9.17, 15) is 0 Å². The van der Waals surface area contributed by atoms with E-state index in [1.165, 1.54) is 25.7 Å². The minimum absolute atomic E-state index is 0.865. The van der Waals surface area contributed by atoms with Gasteiger partial charge in [-0.15, -0.1) is 0 Å². The van der Waals surface area contributed by atoms with Crippen molar-refractivity contribution in [1.29, 1.82) is 0 Å². The largest absolute Gasteiger partial charge is 0.0884 e. The average Bonchev–Trinajstić information content (AvgIpc) is 1.78. The van der Waals surface area contributed by atoms with Gasteiger partial charge in [0.15, 0.2) is 0 Å². The van der Waals surface area contributed by atoms with Crippen LogP contribution in [0.3, 0.4) is 0 Å². The molecule has 0 spiro atoms. The monoisotopic (exact) mass is 292 g/mol. The Morgan fingerprint density at radius 1 is 0.583 bits per heavy atom. The lowest BCUT2D eigenvalue weighted by Crippen LogP contribution is -2.56. The fourth-order valence-corrected chi connectivity index (χ4v) is 5.95. The van der Waals surface area contributed by atoms with Crippen LogP contribution < -0.4 is 0 Å². The van der Waals surface area contributed by atoms with Crippen molar-refractivity contribution in [3.05, 3.63) is 0 Å². The summed E-state index contributed by atoms with van der Waals surface area (Å²) in [5, 5.41) is 0. The van der Waals surface area contributed by atoms with E-state index in [1.807, 2.05) is 0 Å². The van der Waals surface area contributed by atoms with Crippen molar-refractivity contribution in [3.8, 4) is 0 Å². The topological polar surface area (TPSA) is 0 Å². The maximum absolute atomic E-state index is 3.91. The molecule has 2 heteroatoms. The molecule has 4 unspecified atom stereocenters. The smallest absolute Gasteiger partial charge is 0.0208 e. The summed E-state index contributed by atoms with van der Waals surface area (Å²) < 4.78 is 0. The maximum Gasteiger partial charge on any atom is 0.0208 e. The van der Waals surface area contributed by atoms with Crippen LogP contribution in [0.1, 0.15) is 25.7 Å². The van der Waals surface area contributed by atoms with Crippen molar-refractivity contribution in [2.24, 2.45) is 23.7 Å². The van der Waals surface area contributed by atoms with Crippen LogP contribution in [-0.4, -0.2) is 9.65 Å². The normalized spacial score (nSPS) is 62.5. The molecule has 0 N–H and O–H groups in total. The number of fused-ring (bicyclic) bond motifs is 2. The molecular formula is C10H14Br2. The van der Waals surface area contributed by atoms with Gasteiger partial charge < -0.3 is 0 Å². The van der Waals surface area contributed by atoms with Crippen LogP contribution in [0, 0.1) is 23.7 Å². The first-order chi connectivity index (χ1) is 5.79. The van der Waals surface area contributed by atoms with Crippen molar-refractivity contribution in [2.45, 2.75) is 35.3 Å². The van der Waals surface area contributed by atoms with Crippen molar-refractivity contribution in [1.82, 2.24) is 0 Å². The molecule has 12 heavy (non-hydrogen) atoms. The van der Waals surface area contributed by atoms with E-state index >= 15 is 0 Å². The molecule has 0 aromatic heterocycles. The van der Waals surface area contributed by atoms with Crippen LogP contribution in [-0.2, 0) is 0 Å². The fraction of sp³-hybridized carbons (Fsp3) is 1.00. The van der Waals surface area contributed by atoms with Crippen molar-refractivity contribution in [3.63, 3.8) is 0 Å². The summed E-state index contributed by atoms with van der Waals surface area (Å²) in [6, 6.07) is 0. The first-order valence-corrected chi connectivity index (χ1v) is 6.90. The molecule has 0 aliphatic heterocycles. The van der Waals surface area contributed by atoms with E-state index in [2.05, 4.69) is 31.9 Å². The van der Waals surface area contributed by atoms with Gasteiger partial charge in [-0.2, -0.15) is 0 Å². The minimum Gasteiger partial charge on any atom is -0.0884 e. The molecule has 3 aliphatic carbocycles. The minimum atomic E-state index is 0.865. The summed E-state index contributed by atoms with van der Waals surface area (Å²) in [4.78, 5) is 1.73. The second-order valence-corrected chi connectivity index (χ2v) is 6.81. The second-order valence-electron chi connectivity index (χ2n) is 4.70. The molecule has 0 amide bonds. The molecule has 0 nitrogen and oxygen atoms in total. The SMILES string of the molecule is BrC1C2CCC2C(Br)C2CCC12. The Morgan fingerprint density at radius 2 is 0.833 bits per heavy atom. The van der Waals surface area contributed by atoms with Crippen LogP contribution in [0.25, 0.3) is 0 Å². The van der Waals surface area contributed by atoms with Crippen LogP contribution in [0.5, 0.6) is 0 Å². The van der Waals surface area contributed by atoms with Gasteiger partial charge in [0, 0.05) is 9.65 Å². The molecular weight excluding hydrogens is 280 g/mol. The van der Waals surface area contributed by atoms with E-state index in [-0.39, 0.29) is 0 Å². The molecule has 0 aromatic rings. The third kappa shape index (κ3) is 0.890. The van der Waals surface area contributed by atoms with Crippen molar-refractivity contribution >= 4 is 31.9 Å². The highest BCUT2D eigenvalue weighted by molar-refractivity contribution is 9.10. The Morgan fingerprint density at radius 3 is 1.00 bits per heavy atom. The summed E-state index contributed by atoms with van der Waals surface area (Å²) in [5.41, 5.74) is 0. The summed E-state index contributed by atoms with van der Waals surface area (Å²) >= 11 is 7.82. The molecule has 3 aliphatic rings. The average molecular weight is 294 g/mol. The third-order valence-electron chi connectivity index (χ3n) is 4.40. The quantitative estimate of drug-likeness (QED) is 0.599. The summed E-state index contributed by atoms with van der Waals surface area (Å²) in [6.45, 7) is 0. The first-order valence-electron chi connectivity index (χ1n) is 5.07. The second kappa shape index (κ2) is 2.73. The Kier molecular flexibility index (Phi) is 1.88. The molecule has 0 saturated heterocycles. The van der Waals surface area contributed by atoms with Gasteiger partial charge in [0.2, 0.25) is 0 Å². The van der Waals surface area contributed by atoms with Crippen LogP contribution in [0.15, 0.2) is 0 Å². The Balaban J connectivity index is 1.84. The molecule has 4 atom stereocenters. The van der Waals surface area contributed by atoms with Gasteiger partial charge in [-0.25, -0.2) is 0 Å². The predicted molar refractivity (Wildman–Crippen MR) is 57.9 cm³/mol. The van der Waals surface area contributed by atoms with Crippen LogP contribution >= 0.6 is 31.9 Å². The fourth-order valence-electron chi connectivity index (χ4n) is 3.32. The van der Waals surface area contributed by atoms with Gasteiger partial charge in [-0.1, -0.05) is 31.9 Å².